The van der Waals surface area contributed by atoms with E-state index in [0.717, 1.165) is 4.88 Å². The quantitative estimate of drug-likeness (QED) is 0.773. The number of rotatable bonds is 7. The molecule has 0 atom stereocenters. The molecule has 20 heavy (non-hydrogen) atoms. The number of amides is 2. The molecule has 4 nitrogen and oxygen atoms in total. The van der Waals surface area contributed by atoms with Crippen LogP contribution in [0, 0.1) is 0 Å². The second-order valence-corrected chi connectivity index (χ2v) is 6.17. The minimum atomic E-state index is -0.0704. The predicted octanol–water partition coefficient (Wildman–Crippen LogP) is 2.64. The first-order chi connectivity index (χ1) is 9.75. The highest BCUT2D eigenvalue weighted by Gasteiger charge is 2.06. The van der Waals surface area contributed by atoms with E-state index in [4.69, 9.17) is 0 Å². The van der Waals surface area contributed by atoms with Gasteiger partial charge in [0.05, 0.1) is 11.4 Å². The molecule has 2 N–H and O–H groups in total. The zero-order valence-corrected chi connectivity index (χ0v) is 12.6. The zero-order chi connectivity index (χ0) is 14.2. The molecule has 0 saturated carbocycles. The van der Waals surface area contributed by atoms with Crippen molar-refractivity contribution in [2.24, 2.45) is 0 Å². The van der Waals surface area contributed by atoms with Crippen LogP contribution >= 0.6 is 22.7 Å². The molecule has 106 valence electrons. The van der Waals surface area contributed by atoms with Gasteiger partial charge < -0.3 is 10.6 Å². The van der Waals surface area contributed by atoms with Crippen molar-refractivity contribution in [1.82, 2.24) is 10.6 Å². The van der Waals surface area contributed by atoms with Crippen molar-refractivity contribution >= 4 is 34.5 Å². The molecule has 0 aliphatic carbocycles. The maximum absolute atomic E-state index is 11.6. The molecular formula is C14H16N2O2S2. The third kappa shape index (κ3) is 4.79. The van der Waals surface area contributed by atoms with Gasteiger partial charge in [0.2, 0.25) is 5.91 Å². The van der Waals surface area contributed by atoms with E-state index in [1.54, 1.807) is 17.4 Å². The van der Waals surface area contributed by atoms with Gasteiger partial charge in [0.25, 0.3) is 5.91 Å². The van der Waals surface area contributed by atoms with Crippen LogP contribution in [-0.4, -0.2) is 18.4 Å². The lowest BCUT2D eigenvalue weighted by atomic mass is 10.3. The van der Waals surface area contributed by atoms with Gasteiger partial charge in [-0.3, -0.25) is 9.59 Å². The zero-order valence-electron chi connectivity index (χ0n) is 10.9. The van der Waals surface area contributed by atoms with Gasteiger partial charge in [-0.05, 0) is 29.3 Å². The Morgan fingerprint density at radius 1 is 1.05 bits per heavy atom. The topological polar surface area (TPSA) is 58.2 Å². The minimum absolute atomic E-state index is 0.0174. The Labute approximate surface area is 125 Å². The Hall–Kier alpha value is -1.66. The molecule has 2 rings (SSSR count). The van der Waals surface area contributed by atoms with Crippen LogP contribution in [0.5, 0.6) is 0 Å². The van der Waals surface area contributed by atoms with Crippen LogP contribution < -0.4 is 10.6 Å². The van der Waals surface area contributed by atoms with E-state index in [2.05, 4.69) is 10.6 Å². The van der Waals surface area contributed by atoms with Crippen LogP contribution in [0.15, 0.2) is 35.0 Å². The number of hydrogen-bond donors (Lipinski definition) is 2. The highest BCUT2D eigenvalue weighted by Crippen LogP contribution is 2.08. The van der Waals surface area contributed by atoms with E-state index in [-0.39, 0.29) is 11.8 Å². The lowest BCUT2D eigenvalue weighted by Gasteiger charge is -2.05. The summed E-state index contributed by atoms with van der Waals surface area (Å²) in [6.07, 6.45) is 1.07. The van der Waals surface area contributed by atoms with Crippen molar-refractivity contribution in [1.29, 1.82) is 0 Å². The lowest BCUT2D eigenvalue weighted by Crippen LogP contribution is -2.26. The third-order valence-electron chi connectivity index (χ3n) is 2.65. The Kier molecular flexibility index (Phi) is 5.76. The van der Waals surface area contributed by atoms with Crippen molar-refractivity contribution in [3.63, 3.8) is 0 Å². The number of nitrogens with one attached hydrogen (secondary N) is 2. The van der Waals surface area contributed by atoms with E-state index >= 15 is 0 Å². The average molecular weight is 308 g/mol. The first kappa shape index (κ1) is 14.7. The van der Waals surface area contributed by atoms with Crippen molar-refractivity contribution in [2.75, 3.05) is 6.54 Å². The molecule has 2 aromatic rings. The molecule has 2 aromatic heterocycles. The molecule has 2 heterocycles. The Morgan fingerprint density at radius 2 is 1.85 bits per heavy atom. The smallest absolute Gasteiger partial charge is 0.261 e. The van der Waals surface area contributed by atoms with Crippen LogP contribution in [0.1, 0.15) is 27.4 Å². The second-order valence-electron chi connectivity index (χ2n) is 4.19. The molecule has 0 saturated heterocycles. The predicted molar refractivity (Wildman–Crippen MR) is 82.1 cm³/mol. The fraction of sp³-hybridized carbons (Fsp3) is 0.286. The third-order valence-corrected chi connectivity index (χ3v) is 4.40. The molecule has 0 bridgehead atoms. The van der Waals surface area contributed by atoms with Gasteiger partial charge in [-0.15, -0.1) is 22.7 Å². The van der Waals surface area contributed by atoms with E-state index in [0.29, 0.717) is 30.8 Å². The summed E-state index contributed by atoms with van der Waals surface area (Å²) in [5.41, 5.74) is 0. The van der Waals surface area contributed by atoms with Crippen LogP contribution in [0.25, 0.3) is 0 Å². The normalized spacial score (nSPS) is 10.2. The van der Waals surface area contributed by atoms with Crippen LogP contribution in [0.3, 0.4) is 0 Å². The average Bonchev–Trinajstić information content (AvgIpc) is 3.13. The lowest BCUT2D eigenvalue weighted by molar-refractivity contribution is -0.121. The Balaban J connectivity index is 1.56. The molecule has 0 aromatic carbocycles. The van der Waals surface area contributed by atoms with Crippen molar-refractivity contribution in [3.05, 3.63) is 44.8 Å². The van der Waals surface area contributed by atoms with Gasteiger partial charge in [0.1, 0.15) is 0 Å². The molecule has 0 aliphatic rings. The first-order valence-corrected chi connectivity index (χ1v) is 8.12. The van der Waals surface area contributed by atoms with Gasteiger partial charge in [-0.25, -0.2) is 0 Å². The van der Waals surface area contributed by atoms with Gasteiger partial charge >= 0.3 is 0 Å². The van der Waals surface area contributed by atoms with Crippen molar-refractivity contribution in [3.8, 4) is 0 Å². The van der Waals surface area contributed by atoms with E-state index in [1.807, 2.05) is 29.0 Å². The number of thiophene rings is 2. The number of carbonyl (C=O) groups excluding carboxylic acids is 2. The highest BCUT2D eigenvalue weighted by molar-refractivity contribution is 7.12. The maximum atomic E-state index is 11.6. The molecule has 6 heteroatoms. The van der Waals surface area contributed by atoms with Crippen LogP contribution in [0.4, 0.5) is 0 Å². The van der Waals surface area contributed by atoms with Gasteiger partial charge in [-0.1, -0.05) is 12.1 Å². The van der Waals surface area contributed by atoms with Crippen LogP contribution in [0.2, 0.25) is 0 Å². The fourth-order valence-electron chi connectivity index (χ4n) is 1.63. The van der Waals surface area contributed by atoms with Crippen molar-refractivity contribution in [2.45, 2.75) is 19.4 Å². The van der Waals surface area contributed by atoms with Gasteiger partial charge in [0, 0.05) is 17.8 Å². The van der Waals surface area contributed by atoms with E-state index in [9.17, 15) is 9.59 Å². The molecule has 0 spiro atoms. The van der Waals surface area contributed by atoms with Gasteiger partial charge in [-0.2, -0.15) is 0 Å². The fourth-order valence-corrected chi connectivity index (χ4v) is 2.92. The van der Waals surface area contributed by atoms with E-state index < -0.39 is 0 Å². The second kappa shape index (κ2) is 7.81. The summed E-state index contributed by atoms with van der Waals surface area (Å²) in [4.78, 5) is 25.1. The van der Waals surface area contributed by atoms with E-state index in [1.165, 1.54) is 11.3 Å². The number of hydrogen-bond acceptors (Lipinski definition) is 4. The summed E-state index contributed by atoms with van der Waals surface area (Å²) in [5, 5.41) is 9.52. The summed E-state index contributed by atoms with van der Waals surface area (Å²) in [6.45, 7) is 1.10. The molecule has 0 radical (unpaired) electrons. The molecule has 0 aliphatic heterocycles. The minimum Gasteiger partial charge on any atom is -0.351 e. The highest BCUT2D eigenvalue weighted by atomic mass is 32.1. The first-order valence-electron chi connectivity index (χ1n) is 6.36. The summed E-state index contributed by atoms with van der Waals surface area (Å²) in [6, 6.07) is 7.59. The van der Waals surface area contributed by atoms with Crippen LogP contribution in [-0.2, 0) is 11.3 Å². The molecule has 2 amide bonds. The standard InChI is InChI=1S/C14H16N2O2S2/c17-13(16-10-11-4-2-8-19-11)6-1-7-15-14(18)12-5-3-9-20-12/h2-5,8-9H,1,6-7,10H2,(H,15,18)(H,16,17). The summed E-state index contributed by atoms with van der Waals surface area (Å²) >= 11 is 3.04. The summed E-state index contributed by atoms with van der Waals surface area (Å²) in [7, 11) is 0. The summed E-state index contributed by atoms with van der Waals surface area (Å²) < 4.78 is 0. The molecule has 0 unspecified atom stereocenters. The molecular weight excluding hydrogens is 292 g/mol. The summed E-state index contributed by atoms with van der Waals surface area (Å²) in [5.74, 6) is -0.0530. The van der Waals surface area contributed by atoms with Crippen molar-refractivity contribution < 1.29 is 9.59 Å². The monoisotopic (exact) mass is 308 g/mol. The van der Waals surface area contributed by atoms with Gasteiger partial charge in [0.15, 0.2) is 0 Å². The number of carbonyl (C=O) groups is 2. The maximum Gasteiger partial charge on any atom is 0.261 e. The Bertz CT molecular complexity index is 536. The Morgan fingerprint density at radius 3 is 2.55 bits per heavy atom. The molecule has 0 fully saturated rings. The SMILES string of the molecule is O=C(CCCNC(=O)c1cccs1)NCc1cccs1. The largest absolute Gasteiger partial charge is 0.351 e.